The first kappa shape index (κ1) is 14.5. The molecule has 0 aliphatic rings. The minimum absolute atomic E-state index is 0.506. The quantitative estimate of drug-likeness (QED) is 0.690. The molecule has 2 aromatic rings. The maximum atomic E-state index is 6.14. The third-order valence-corrected chi connectivity index (χ3v) is 4.30. The van der Waals surface area contributed by atoms with Gasteiger partial charge in [-0.1, -0.05) is 48.8 Å². The van der Waals surface area contributed by atoms with Gasteiger partial charge in [-0.25, -0.2) is 4.68 Å². The number of hydrogen-bond acceptors (Lipinski definition) is 4. The van der Waals surface area contributed by atoms with E-state index < -0.39 is 0 Å². The van der Waals surface area contributed by atoms with Gasteiger partial charge in [0.05, 0.1) is 5.02 Å². The van der Waals surface area contributed by atoms with Gasteiger partial charge < -0.3 is 5.84 Å². The minimum Gasteiger partial charge on any atom is -0.335 e. The van der Waals surface area contributed by atoms with E-state index in [1.54, 1.807) is 30.0 Å². The predicted octanol–water partition coefficient (Wildman–Crippen LogP) is 3.71. The summed E-state index contributed by atoms with van der Waals surface area (Å²) >= 11 is 13.6. The molecule has 0 spiro atoms. The number of thioether (sulfide) groups is 1. The maximum absolute atomic E-state index is 6.14. The maximum Gasteiger partial charge on any atom is 0.210 e. The molecule has 102 valence electrons. The van der Waals surface area contributed by atoms with Gasteiger partial charge in [-0.05, 0) is 24.1 Å². The van der Waals surface area contributed by atoms with E-state index in [0.717, 1.165) is 11.3 Å². The summed E-state index contributed by atoms with van der Waals surface area (Å²) in [5, 5.41) is 9.94. The van der Waals surface area contributed by atoms with Crippen molar-refractivity contribution in [1.82, 2.24) is 14.9 Å². The normalized spacial score (nSPS) is 11.2. The largest absolute Gasteiger partial charge is 0.335 e. The number of nitrogen functional groups attached to an aromatic ring is 1. The topological polar surface area (TPSA) is 56.7 Å². The first-order valence-electron chi connectivity index (χ1n) is 5.77. The Morgan fingerprint density at radius 2 is 2.05 bits per heavy atom. The van der Waals surface area contributed by atoms with E-state index in [1.165, 1.54) is 4.68 Å². The van der Waals surface area contributed by atoms with Crippen molar-refractivity contribution in [2.45, 2.75) is 19.0 Å². The van der Waals surface area contributed by atoms with Gasteiger partial charge in [-0.3, -0.25) is 0 Å². The smallest absolute Gasteiger partial charge is 0.210 e. The SMILES string of the molecule is CC(C)CSc1nnc(-c2ccc(Cl)cc2Cl)n1N. The lowest BCUT2D eigenvalue weighted by Crippen LogP contribution is -2.12. The van der Waals surface area contributed by atoms with E-state index in [9.17, 15) is 0 Å². The van der Waals surface area contributed by atoms with E-state index in [4.69, 9.17) is 29.0 Å². The Bertz CT molecular complexity index is 583. The first-order valence-corrected chi connectivity index (χ1v) is 7.52. The van der Waals surface area contributed by atoms with Gasteiger partial charge in [0.25, 0.3) is 0 Å². The molecule has 0 bridgehead atoms. The fraction of sp³-hybridized carbons (Fsp3) is 0.333. The van der Waals surface area contributed by atoms with Crippen molar-refractivity contribution in [3.63, 3.8) is 0 Å². The Morgan fingerprint density at radius 3 is 2.68 bits per heavy atom. The minimum atomic E-state index is 0.506. The zero-order chi connectivity index (χ0) is 14.0. The van der Waals surface area contributed by atoms with Crippen molar-refractivity contribution in [2.75, 3.05) is 11.6 Å². The number of aromatic nitrogens is 3. The molecule has 1 heterocycles. The van der Waals surface area contributed by atoms with Crippen LogP contribution < -0.4 is 5.84 Å². The molecule has 0 fully saturated rings. The lowest BCUT2D eigenvalue weighted by Gasteiger charge is -2.06. The molecular weight excluding hydrogens is 303 g/mol. The van der Waals surface area contributed by atoms with Gasteiger partial charge in [0.15, 0.2) is 5.82 Å². The first-order chi connectivity index (χ1) is 8.99. The van der Waals surface area contributed by atoms with Crippen LogP contribution in [0.3, 0.4) is 0 Å². The molecular formula is C12H14Cl2N4S. The van der Waals surface area contributed by atoms with Gasteiger partial charge in [-0.2, -0.15) is 0 Å². The fourth-order valence-corrected chi connectivity index (χ4v) is 2.77. The van der Waals surface area contributed by atoms with Crippen LogP contribution in [0.15, 0.2) is 23.4 Å². The number of nitrogens with zero attached hydrogens (tertiary/aromatic N) is 3. The van der Waals surface area contributed by atoms with Crippen molar-refractivity contribution >= 4 is 35.0 Å². The molecule has 0 aliphatic carbocycles. The summed E-state index contributed by atoms with van der Waals surface area (Å²) in [6.45, 7) is 4.28. The Labute approximate surface area is 126 Å². The average molecular weight is 317 g/mol. The van der Waals surface area contributed by atoms with Crippen LogP contribution in [-0.2, 0) is 0 Å². The zero-order valence-electron chi connectivity index (χ0n) is 10.6. The Hall–Kier alpha value is -0.910. The summed E-state index contributed by atoms with van der Waals surface area (Å²) in [6, 6.07) is 5.20. The third-order valence-electron chi connectivity index (χ3n) is 2.38. The fourth-order valence-electron chi connectivity index (χ4n) is 1.47. The molecule has 4 nitrogen and oxygen atoms in total. The highest BCUT2D eigenvalue weighted by molar-refractivity contribution is 7.99. The van der Waals surface area contributed by atoms with E-state index in [-0.39, 0.29) is 0 Å². The predicted molar refractivity (Wildman–Crippen MR) is 81.2 cm³/mol. The molecule has 0 atom stereocenters. The summed E-state index contributed by atoms with van der Waals surface area (Å²) in [6.07, 6.45) is 0. The second-order valence-electron chi connectivity index (χ2n) is 4.51. The van der Waals surface area contributed by atoms with Crippen molar-refractivity contribution in [1.29, 1.82) is 0 Å². The second-order valence-corrected chi connectivity index (χ2v) is 6.34. The van der Waals surface area contributed by atoms with E-state index >= 15 is 0 Å². The molecule has 0 saturated carbocycles. The van der Waals surface area contributed by atoms with Crippen molar-refractivity contribution < 1.29 is 0 Å². The van der Waals surface area contributed by atoms with Crippen LogP contribution in [-0.4, -0.2) is 20.6 Å². The van der Waals surface area contributed by atoms with E-state index in [1.807, 2.05) is 0 Å². The van der Waals surface area contributed by atoms with Crippen molar-refractivity contribution in [3.05, 3.63) is 28.2 Å². The standard InChI is InChI=1S/C12H14Cl2N4S/c1-7(2)6-19-12-17-16-11(18(12)15)9-4-3-8(13)5-10(9)14/h3-5,7H,6,15H2,1-2H3. The van der Waals surface area contributed by atoms with Crippen LogP contribution in [0.25, 0.3) is 11.4 Å². The molecule has 0 amide bonds. The lowest BCUT2D eigenvalue weighted by atomic mass is 10.2. The third kappa shape index (κ3) is 3.35. The Balaban J connectivity index is 2.31. The molecule has 1 aromatic heterocycles. The summed E-state index contributed by atoms with van der Waals surface area (Å²) in [5.74, 6) is 8.04. The van der Waals surface area contributed by atoms with Gasteiger partial charge in [0.2, 0.25) is 5.16 Å². The molecule has 1 aromatic carbocycles. The number of benzene rings is 1. The van der Waals surface area contributed by atoms with Crippen LogP contribution in [0.1, 0.15) is 13.8 Å². The van der Waals surface area contributed by atoms with Crippen LogP contribution in [0, 0.1) is 5.92 Å². The number of hydrogen-bond donors (Lipinski definition) is 1. The van der Waals surface area contributed by atoms with Crippen LogP contribution in [0.4, 0.5) is 0 Å². The van der Waals surface area contributed by atoms with E-state index in [0.29, 0.717) is 26.9 Å². The molecule has 0 saturated heterocycles. The van der Waals surface area contributed by atoms with Crippen LogP contribution >= 0.6 is 35.0 Å². The molecule has 2 rings (SSSR count). The van der Waals surface area contributed by atoms with Gasteiger partial charge >= 0.3 is 0 Å². The molecule has 19 heavy (non-hydrogen) atoms. The molecule has 7 heteroatoms. The van der Waals surface area contributed by atoms with Crippen LogP contribution in [0.5, 0.6) is 0 Å². The van der Waals surface area contributed by atoms with Gasteiger partial charge in [0.1, 0.15) is 0 Å². The highest BCUT2D eigenvalue weighted by atomic mass is 35.5. The number of nitrogens with two attached hydrogens (primary N) is 1. The van der Waals surface area contributed by atoms with Crippen molar-refractivity contribution in [2.24, 2.45) is 5.92 Å². The summed E-state index contributed by atoms with van der Waals surface area (Å²) in [4.78, 5) is 0. The number of halogens is 2. The highest BCUT2D eigenvalue weighted by Gasteiger charge is 2.15. The summed E-state index contributed by atoms with van der Waals surface area (Å²) in [7, 11) is 0. The summed E-state index contributed by atoms with van der Waals surface area (Å²) < 4.78 is 1.46. The molecule has 0 radical (unpaired) electrons. The van der Waals surface area contributed by atoms with Gasteiger partial charge in [-0.15, -0.1) is 10.2 Å². The van der Waals surface area contributed by atoms with Crippen LogP contribution in [0.2, 0.25) is 10.0 Å². The summed E-state index contributed by atoms with van der Waals surface area (Å²) in [5.41, 5.74) is 0.720. The lowest BCUT2D eigenvalue weighted by molar-refractivity contribution is 0.744. The van der Waals surface area contributed by atoms with Gasteiger partial charge in [0, 0.05) is 16.3 Å². The Morgan fingerprint density at radius 1 is 1.32 bits per heavy atom. The number of rotatable bonds is 4. The molecule has 0 unspecified atom stereocenters. The second kappa shape index (κ2) is 6.03. The zero-order valence-corrected chi connectivity index (χ0v) is 12.9. The molecule has 2 N–H and O–H groups in total. The average Bonchev–Trinajstić information content (AvgIpc) is 2.68. The van der Waals surface area contributed by atoms with Crippen molar-refractivity contribution in [3.8, 4) is 11.4 Å². The highest BCUT2D eigenvalue weighted by Crippen LogP contribution is 2.30. The Kier molecular flexibility index (Phi) is 4.60. The molecule has 0 aliphatic heterocycles. The van der Waals surface area contributed by atoms with E-state index in [2.05, 4.69) is 24.0 Å². The monoisotopic (exact) mass is 316 g/mol.